The predicted octanol–water partition coefficient (Wildman–Crippen LogP) is -0.228. The van der Waals surface area contributed by atoms with E-state index in [0.29, 0.717) is 0 Å². The third-order valence-corrected chi connectivity index (χ3v) is 2.63. The quantitative estimate of drug-likeness (QED) is 0.582. The molecule has 2 rings (SSSR count). The molecule has 0 aromatic heterocycles. The molecule has 0 unspecified atom stereocenters. The van der Waals surface area contributed by atoms with Crippen LogP contribution in [0.15, 0.2) is 0 Å². The topological polar surface area (TPSA) is 58.6 Å². The van der Waals surface area contributed by atoms with Gasteiger partial charge in [-0.25, -0.2) is 0 Å². The van der Waals surface area contributed by atoms with E-state index < -0.39 is 29.8 Å². The van der Waals surface area contributed by atoms with Crippen molar-refractivity contribution in [1.82, 2.24) is 5.32 Å². The number of amides is 1. The molecule has 2 aliphatic rings. The van der Waals surface area contributed by atoms with Crippen molar-refractivity contribution in [1.29, 1.82) is 0 Å². The van der Waals surface area contributed by atoms with E-state index in [2.05, 4.69) is 0 Å². The maximum atomic E-state index is 12.4. The summed E-state index contributed by atoms with van der Waals surface area (Å²) in [6.45, 7) is 0.0706. The van der Waals surface area contributed by atoms with Crippen molar-refractivity contribution in [2.45, 2.75) is 24.4 Å². The molecule has 0 spiro atoms. The van der Waals surface area contributed by atoms with Gasteiger partial charge in [0.2, 0.25) is 5.72 Å². The summed E-state index contributed by atoms with van der Waals surface area (Å²) in [6.07, 6.45) is -6.00. The Hall–Kier alpha value is -0.820. The van der Waals surface area contributed by atoms with Crippen LogP contribution in [0.4, 0.5) is 13.2 Å². The fourth-order valence-corrected chi connectivity index (χ4v) is 1.91. The normalized spacial score (nSPS) is 42.4. The van der Waals surface area contributed by atoms with Crippen LogP contribution in [0.2, 0.25) is 0 Å². The van der Waals surface area contributed by atoms with Crippen molar-refractivity contribution >= 4 is 5.91 Å². The number of carbonyl (C=O) groups excluding carboxylic acids is 1. The lowest BCUT2D eigenvalue weighted by Crippen LogP contribution is -2.57. The molecule has 2 heterocycles. The number of rotatable bonds is 0. The molecule has 0 saturated carbocycles. The molecule has 0 aromatic carbocycles. The number of halogens is 3. The highest BCUT2D eigenvalue weighted by atomic mass is 19.4. The molecule has 4 nitrogen and oxygen atoms in total. The molecule has 1 amide bonds. The second-order valence-electron chi connectivity index (χ2n) is 3.44. The number of nitrogens with one attached hydrogen (secondary N) is 1. The lowest BCUT2D eigenvalue weighted by molar-refractivity contribution is -0.281. The first-order chi connectivity index (χ1) is 6.36. The Bertz CT molecular complexity index is 280. The first kappa shape index (κ1) is 9.72. The summed E-state index contributed by atoms with van der Waals surface area (Å²) in [5.41, 5.74) is -3.12. The Labute approximate surface area is 77.0 Å². The van der Waals surface area contributed by atoms with E-state index in [9.17, 15) is 23.1 Å². The van der Waals surface area contributed by atoms with Gasteiger partial charge in [-0.1, -0.05) is 0 Å². The summed E-state index contributed by atoms with van der Waals surface area (Å²) in [5, 5.41) is 10.9. The van der Waals surface area contributed by atoms with E-state index in [-0.39, 0.29) is 13.0 Å². The SMILES string of the molecule is O=C1N[C@@](O)(C(F)(F)F)[C@@H]2CCO[C@H]12. The molecule has 2 aliphatic heterocycles. The van der Waals surface area contributed by atoms with E-state index in [4.69, 9.17) is 4.74 Å². The van der Waals surface area contributed by atoms with Crippen LogP contribution in [0.1, 0.15) is 6.42 Å². The zero-order valence-electron chi connectivity index (χ0n) is 6.97. The standard InChI is InChI=1S/C7H8F3NO3/c8-7(9,10)6(13)3-1-2-14-4(3)5(12)11-6/h3-4,13H,1-2H2,(H,11,12)/t3-,4+,6+/m1/s1. The Morgan fingerprint density at radius 3 is 2.79 bits per heavy atom. The van der Waals surface area contributed by atoms with E-state index in [1.165, 1.54) is 5.32 Å². The number of hydrogen-bond donors (Lipinski definition) is 2. The molecule has 0 bridgehead atoms. The van der Waals surface area contributed by atoms with E-state index in [1.54, 1.807) is 0 Å². The molecular formula is C7H8F3NO3. The maximum absolute atomic E-state index is 12.4. The monoisotopic (exact) mass is 211 g/mol. The fraction of sp³-hybridized carbons (Fsp3) is 0.857. The molecular weight excluding hydrogens is 203 g/mol. The maximum Gasteiger partial charge on any atom is 0.436 e. The predicted molar refractivity (Wildman–Crippen MR) is 37.0 cm³/mol. The van der Waals surface area contributed by atoms with Gasteiger partial charge in [-0.05, 0) is 6.42 Å². The molecule has 7 heteroatoms. The van der Waals surface area contributed by atoms with Crippen LogP contribution >= 0.6 is 0 Å². The lowest BCUT2D eigenvalue weighted by Gasteiger charge is -2.29. The second kappa shape index (κ2) is 2.60. The van der Waals surface area contributed by atoms with E-state index in [1.807, 2.05) is 0 Å². The minimum atomic E-state index is -4.87. The average molecular weight is 211 g/mol. The van der Waals surface area contributed by atoms with Crippen LogP contribution in [-0.4, -0.2) is 35.6 Å². The van der Waals surface area contributed by atoms with Crippen LogP contribution in [0.25, 0.3) is 0 Å². The molecule has 2 fully saturated rings. The third kappa shape index (κ3) is 1.05. The zero-order chi connectivity index (χ0) is 10.6. The Balaban J connectivity index is 2.34. The first-order valence-corrected chi connectivity index (χ1v) is 4.09. The molecule has 0 aliphatic carbocycles. The van der Waals surface area contributed by atoms with Gasteiger partial charge >= 0.3 is 6.18 Å². The summed E-state index contributed by atoms with van der Waals surface area (Å²) in [6, 6.07) is 0. The summed E-state index contributed by atoms with van der Waals surface area (Å²) in [5.74, 6) is -2.12. The van der Waals surface area contributed by atoms with Gasteiger partial charge in [-0.15, -0.1) is 0 Å². The highest BCUT2D eigenvalue weighted by molar-refractivity contribution is 5.85. The van der Waals surface area contributed by atoms with Crippen molar-refractivity contribution in [2.24, 2.45) is 5.92 Å². The highest BCUT2D eigenvalue weighted by Gasteiger charge is 2.68. The summed E-state index contributed by atoms with van der Waals surface area (Å²) < 4.78 is 42.1. The molecule has 14 heavy (non-hydrogen) atoms. The molecule has 80 valence electrons. The van der Waals surface area contributed by atoms with E-state index >= 15 is 0 Å². The molecule has 0 aromatic rings. The van der Waals surface area contributed by atoms with Gasteiger partial charge in [0.25, 0.3) is 5.91 Å². The fourth-order valence-electron chi connectivity index (χ4n) is 1.91. The summed E-state index contributed by atoms with van der Waals surface area (Å²) >= 11 is 0. The summed E-state index contributed by atoms with van der Waals surface area (Å²) in [7, 11) is 0. The van der Waals surface area contributed by atoms with Crippen LogP contribution in [-0.2, 0) is 9.53 Å². The molecule has 2 saturated heterocycles. The van der Waals surface area contributed by atoms with Crippen LogP contribution in [0, 0.1) is 5.92 Å². The van der Waals surface area contributed by atoms with Crippen LogP contribution in [0.5, 0.6) is 0 Å². The Morgan fingerprint density at radius 2 is 2.21 bits per heavy atom. The zero-order valence-corrected chi connectivity index (χ0v) is 6.97. The Kier molecular flexibility index (Phi) is 1.81. The number of ether oxygens (including phenoxy) is 1. The van der Waals surface area contributed by atoms with Crippen molar-refractivity contribution in [2.75, 3.05) is 6.61 Å². The lowest BCUT2D eigenvalue weighted by atomic mass is 9.93. The molecule has 3 atom stereocenters. The van der Waals surface area contributed by atoms with Gasteiger partial charge < -0.3 is 15.2 Å². The van der Waals surface area contributed by atoms with Gasteiger partial charge in [-0.3, -0.25) is 4.79 Å². The minimum Gasteiger partial charge on any atom is -0.368 e. The van der Waals surface area contributed by atoms with Gasteiger partial charge in [-0.2, -0.15) is 13.2 Å². The van der Waals surface area contributed by atoms with Crippen molar-refractivity contribution in [3.05, 3.63) is 0 Å². The molecule has 2 N–H and O–H groups in total. The van der Waals surface area contributed by atoms with E-state index in [0.717, 1.165) is 0 Å². The smallest absolute Gasteiger partial charge is 0.368 e. The van der Waals surface area contributed by atoms with Crippen LogP contribution in [0.3, 0.4) is 0 Å². The second-order valence-corrected chi connectivity index (χ2v) is 3.44. The number of carbonyl (C=O) groups is 1. The number of hydrogen-bond acceptors (Lipinski definition) is 3. The average Bonchev–Trinajstić information content (AvgIpc) is 2.55. The van der Waals surface area contributed by atoms with Gasteiger partial charge in [0.05, 0.1) is 5.92 Å². The van der Waals surface area contributed by atoms with Crippen molar-refractivity contribution in [3.63, 3.8) is 0 Å². The number of aliphatic hydroxyl groups is 1. The van der Waals surface area contributed by atoms with Gasteiger partial charge in [0.15, 0.2) is 0 Å². The number of alkyl halides is 3. The Morgan fingerprint density at radius 1 is 1.57 bits per heavy atom. The first-order valence-electron chi connectivity index (χ1n) is 4.09. The van der Waals surface area contributed by atoms with Gasteiger partial charge in [0, 0.05) is 6.61 Å². The van der Waals surface area contributed by atoms with Crippen molar-refractivity contribution < 1.29 is 27.8 Å². The van der Waals surface area contributed by atoms with Crippen LogP contribution < -0.4 is 5.32 Å². The third-order valence-electron chi connectivity index (χ3n) is 2.63. The number of fused-ring (bicyclic) bond motifs is 1. The summed E-state index contributed by atoms with van der Waals surface area (Å²) in [4.78, 5) is 11.0. The largest absolute Gasteiger partial charge is 0.436 e. The van der Waals surface area contributed by atoms with Crippen molar-refractivity contribution in [3.8, 4) is 0 Å². The minimum absolute atomic E-state index is 0.0272. The highest BCUT2D eigenvalue weighted by Crippen LogP contribution is 2.44. The molecule has 0 radical (unpaired) electrons. The van der Waals surface area contributed by atoms with Gasteiger partial charge in [0.1, 0.15) is 6.10 Å².